The van der Waals surface area contributed by atoms with Gasteiger partial charge in [-0.2, -0.15) is 0 Å². The number of carbonyl (C=O) groups is 3. The maximum absolute atomic E-state index is 12.7. The van der Waals surface area contributed by atoms with Crippen LogP contribution < -0.4 is 11.1 Å². The van der Waals surface area contributed by atoms with Crippen LogP contribution in [0.15, 0.2) is 48.6 Å². The van der Waals surface area contributed by atoms with Crippen molar-refractivity contribution in [3.63, 3.8) is 0 Å². The highest BCUT2D eigenvalue weighted by Gasteiger charge is 2.18. The van der Waals surface area contributed by atoms with Crippen LogP contribution in [0.25, 0.3) is 0 Å². The molecule has 0 saturated carbocycles. The number of ether oxygens (including phenoxy) is 1. The number of carbonyl (C=O) groups excluding carboxylic acids is 2. The van der Waals surface area contributed by atoms with E-state index in [1.807, 2.05) is 0 Å². The number of rotatable bonds is 37. The van der Waals surface area contributed by atoms with Gasteiger partial charge in [-0.3, -0.25) is 9.59 Å². The van der Waals surface area contributed by atoms with Gasteiger partial charge in [-0.05, 0) is 96.1 Å². The Morgan fingerprint density at radius 3 is 1.73 bits per heavy atom. The number of nitrogens with two attached hydrogens (primary N) is 1. The molecule has 7 heteroatoms. The number of carboxylic acids is 1. The van der Waals surface area contributed by atoms with Gasteiger partial charge in [0.1, 0.15) is 12.1 Å². The van der Waals surface area contributed by atoms with Crippen molar-refractivity contribution in [2.24, 2.45) is 5.73 Å². The molecule has 2 atom stereocenters. The van der Waals surface area contributed by atoms with Crippen LogP contribution in [0.1, 0.15) is 194 Å². The average molecular weight is 715 g/mol. The maximum Gasteiger partial charge on any atom is 0.326 e. The first kappa shape index (κ1) is 48.3. The van der Waals surface area contributed by atoms with Gasteiger partial charge in [-0.1, -0.05) is 140 Å². The lowest BCUT2D eigenvalue weighted by Gasteiger charge is -2.15. The summed E-state index contributed by atoms with van der Waals surface area (Å²) in [4.78, 5) is 36.2. The molecular formula is C44H78N2O5. The fourth-order valence-electron chi connectivity index (χ4n) is 5.97. The van der Waals surface area contributed by atoms with Crippen molar-refractivity contribution >= 4 is 17.8 Å². The third-order valence-corrected chi connectivity index (χ3v) is 9.11. The van der Waals surface area contributed by atoms with Crippen LogP contribution in [0.3, 0.4) is 0 Å². The molecule has 0 aliphatic rings. The summed E-state index contributed by atoms with van der Waals surface area (Å²) in [5.41, 5.74) is 5.47. The fraction of sp³-hybridized carbons (Fsp3) is 0.750. The molecule has 0 aromatic carbocycles. The lowest BCUT2D eigenvalue weighted by atomic mass is 10.0. The van der Waals surface area contributed by atoms with E-state index in [-0.39, 0.29) is 18.0 Å². The Morgan fingerprint density at radius 1 is 0.608 bits per heavy atom. The third-order valence-electron chi connectivity index (χ3n) is 9.11. The minimum Gasteiger partial charge on any atom is -0.480 e. The molecule has 51 heavy (non-hydrogen) atoms. The van der Waals surface area contributed by atoms with E-state index < -0.39 is 12.0 Å². The van der Waals surface area contributed by atoms with E-state index >= 15 is 0 Å². The molecule has 0 aliphatic heterocycles. The van der Waals surface area contributed by atoms with Crippen LogP contribution in [0.4, 0.5) is 0 Å². The summed E-state index contributed by atoms with van der Waals surface area (Å²) < 4.78 is 5.92. The molecule has 294 valence electrons. The van der Waals surface area contributed by atoms with E-state index in [2.05, 4.69) is 67.8 Å². The van der Waals surface area contributed by atoms with Crippen molar-refractivity contribution in [3.05, 3.63) is 48.6 Å². The number of amides is 1. The van der Waals surface area contributed by atoms with Gasteiger partial charge >= 0.3 is 11.9 Å². The predicted molar refractivity (Wildman–Crippen MR) is 216 cm³/mol. The quantitative estimate of drug-likeness (QED) is 0.0335. The summed E-state index contributed by atoms with van der Waals surface area (Å²) in [6, 6.07) is -0.858. The van der Waals surface area contributed by atoms with Crippen LogP contribution in [0.5, 0.6) is 0 Å². The van der Waals surface area contributed by atoms with Gasteiger partial charge in [0.25, 0.3) is 0 Å². The highest BCUT2D eigenvalue weighted by molar-refractivity contribution is 5.83. The van der Waals surface area contributed by atoms with Gasteiger partial charge < -0.3 is 20.9 Å². The van der Waals surface area contributed by atoms with E-state index in [0.717, 1.165) is 77.0 Å². The summed E-state index contributed by atoms with van der Waals surface area (Å²) in [5.74, 6) is -1.31. The van der Waals surface area contributed by atoms with E-state index in [1.165, 1.54) is 77.0 Å². The molecule has 1 amide bonds. The van der Waals surface area contributed by atoms with Gasteiger partial charge in [0, 0.05) is 12.8 Å². The number of hydrogen-bond donors (Lipinski definition) is 3. The Kier molecular flexibility index (Phi) is 36.5. The van der Waals surface area contributed by atoms with E-state index in [4.69, 9.17) is 10.5 Å². The Morgan fingerprint density at radius 2 is 1.14 bits per heavy atom. The smallest absolute Gasteiger partial charge is 0.326 e. The van der Waals surface area contributed by atoms with Gasteiger partial charge in [0.15, 0.2) is 0 Å². The Labute approximate surface area is 313 Å². The summed E-state index contributed by atoms with van der Waals surface area (Å²) in [5, 5.41) is 11.9. The molecule has 0 spiro atoms. The van der Waals surface area contributed by atoms with Crippen LogP contribution in [-0.2, 0) is 19.1 Å². The van der Waals surface area contributed by atoms with Crippen molar-refractivity contribution in [2.75, 3.05) is 6.54 Å². The summed E-state index contributed by atoms with van der Waals surface area (Å²) >= 11 is 0. The van der Waals surface area contributed by atoms with Crippen LogP contribution >= 0.6 is 0 Å². The molecule has 0 bridgehead atoms. The first-order chi connectivity index (χ1) is 24.9. The largest absolute Gasteiger partial charge is 0.480 e. The number of allylic oxidation sites excluding steroid dienone is 7. The lowest BCUT2D eigenvalue weighted by Crippen LogP contribution is -2.40. The number of hydrogen-bond acceptors (Lipinski definition) is 5. The van der Waals surface area contributed by atoms with E-state index in [1.54, 1.807) is 0 Å². The summed E-state index contributed by atoms with van der Waals surface area (Å²) in [7, 11) is 0. The second kappa shape index (κ2) is 38.6. The molecule has 0 aromatic rings. The molecule has 0 fully saturated rings. The Bertz CT molecular complexity index is 942. The molecule has 0 aliphatic carbocycles. The SMILES string of the molecule is CC/C=C\C/C=C\C/C=C\C(CCCCCCCCC(=O)NC(CCCN)C(=O)O)OC(=O)CCCCCCC/C=C\CCCCCCCCC. The number of unbranched alkanes of at least 4 members (excludes halogenated alkanes) is 17. The number of aliphatic carboxylic acids is 1. The normalized spacial score (nSPS) is 13.2. The fourth-order valence-corrected chi connectivity index (χ4v) is 5.97. The molecular weight excluding hydrogens is 636 g/mol. The first-order valence-corrected chi connectivity index (χ1v) is 21.0. The highest BCUT2D eigenvalue weighted by atomic mass is 16.5. The van der Waals surface area contributed by atoms with Gasteiger partial charge in [0.05, 0.1) is 0 Å². The Balaban J connectivity index is 4.28. The van der Waals surface area contributed by atoms with E-state index in [9.17, 15) is 19.5 Å². The average Bonchev–Trinajstić information content (AvgIpc) is 3.11. The minimum atomic E-state index is -1.01. The zero-order valence-electron chi connectivity index (χ0n) is 32.9. The van der Waals surface area contributed by atoms with Crippen LogP contribution in [-0.4, -0.2) is 41.6 Å². The second-order valence-corrected chi connectivity index (χ2v) is 14.0. The molecule has 0 heterocycles. The molecule has 4 N–H and O–H groups in total. The number of nitrogens with one attached hydrogen (secondary N) is 1. The third kappa shape index (κ3) is 35.5. The lowest BCUT2D eigenvalue weighted by molar-refractivity contribution is -0.147. The maximum atomic E-state index is 12.7. The zero-order chi connectivity index (χ0) is 37.5. The standard InChI is InChI=1S/C44H78N2O5/c1-3-5-7-9-11-13-14-15-16-17-18-19-20-22-28-32-38-43(48)51-40(34-29-25-21-12-10-8-6-4-2)35-30-26-23-24-27-31-37-42(47)46-41(44(49)50)36-33-39-45/h6,8,12,16-17,21,29,34,40-41H,3-5,7,9-11,13-15,18-20,22-28,30-33,35-39,45H2,1-2H3,(H,46,47)(H,49,50)/b8-6-,17-16-,21-12-,34-29-. The molecule has 7 nitrogen and oxygen atoms in total. The van der Waals surface area contributed by atoms with Crippen molar-refractivity contribution < 1.29 is 24.2 Å². The Hall–Kier alpha value is -2.67. The van der Waals surface area contributed by atoms with Gasteiger partial charge in [0.2, 0.25) is 5.91 Å². The highest BCUT2D eigenvalue weighted by Crippen LogP contribution is 2.15. The topological polar surface area (TPSA) is 119 Å². The van der Waals surface area contributed by atoms with Gasteiger partial charge in [-0.25, -0.2) is 4.79 Å². The molecule has 0 radical (unpaired) electrons. The number of esters is 1. The predicted octanol–water partition coefficient (Wildman–Crippen LogP) is 11.6. The first-order valence-electron chi connectivity index (χ1n) is 21.0. The van der Waals surface area contributed by atoms with Crippen LogP contribution in [0, 0.1) is 0 Å². The van der Waals surface area contributed by atoms with Crippen molar-refractivity contribution in [2.45, 2.75) is 206 Å². The number of carboxylic acid groups (broad SMARTS) is 1. The molecule has 2 unspecified atom stereocenters. The van der Waals surface area contributed by atoms with Gasteiger partial charge in [-0.15, -0.1) is 0 Å². The summed E-state index contributed by atoms with van der Waals surface area (Å²) in [6.45, 7) is 4.81. The second-order valence-electron chi connectivity index (χ2n) is 14.0. The molecule has 0 rings (SSSR count). The van der Waals surface area contributed by atoms with E-state index in [0.29, 0.717) is 32.2 Å². The van der Waals surface area contributed by atoms with Crippen molar-refractivity contribution in [1.82, 2.24) is 5.32 Å². The monoisotopic (exact) mass is 715 g/mol. The van der Waals surface area contributed by atoms with Crippen molar-refractivity contribution in [1.29, 1.82) is 0 Å². The van der Waals surface area contributed by atoms with Crippen LogP contribution in [0.2, 0.25) is 0 Å². The zero-order valence-corrected chi connectivity index (χ0v) is 32.9. The molecule has 0 aromatic heterocycles. The minimum absolute atomic E-state index is 0.0929. The summed E-state index contributed by atoms with van der Waals surface area (Å²) in [6.07, 6.45) is 46.1. The van der Waals surface area contributed by atoms with Crippen molar-refractivity contribution in [3.8, 4) is 0 Å². The molecule has 0 saturated heterocycles.